The van der Waals surface area contributed by atoms with E-state index in [0.29, 0.717) is 6.42 Å². The zero-order chi connectivity index (χ0) is 20.4. The number of amides is 1. The number of hydrogen-bond donors (Lipinski definition) is 0. The number of hydrogen-bond acceptors (Lipinski definition) is 2. The van der Waals surface area contributed by atoms with Gasteiger partial charge in [0.2, 0.25) is 5.91 Å². The van der Waals surface area contributed by atoms with Crippen molar-refractivity contribution in [2.75, 3.05) is 4.90 Å². The second-order valence-electron chi connectivity index (χ2n) is 8.59. The molecule has 29 heavy (non-hydrogen) atoms. The molecule has 2 aromatic carbocycles. The molecule has 0 aliphatic carbocycles. The average Bonchev–Trinajstić information content (AvgIpc) is 3.13. The van der Waals surface area contributed by atoms with Crippen LogP contribution in [0.3, 0.4) is 0 Å². The highest BCUT2D eigenvalue weighted by Crippen LogP contribution is 2.39. The lowest BCUT2D eigenvalue weighted by Gasteiger charge is -2.44. The van der Waals surface area contributed by atoms with Crippen LogP contribution in [0.1, 0.15) is 44.2 Å². The molecule has 150 valence electrons. The zero-order valence-corrected chi connectivity index (χ0v) is 17.6. The van der Waals surface area contributed by atoms with Crippen LogP contribution in [0.4, 0.5) is 5.69 Å². The van der Waals surface area contributed by atoms with Gasteiger partial charge in [0.15, 0.2) is 0 Å². The highest BCUT2D eigenvalue weighted by atomic mass is 16.2. The van der Waals surface area contributed by atoms with Crippen LogP contribution in [0.15, 0.2) is 60.9 Å². The quantitative estimate of drug-likeness (QED) is 0.606. The first-order chi connectivity index (χ1) is 14.0. The molecule has 4 rings (SSSR count). The maximum Gasteiger partial charge on any atom is 0.227 e. The number of anilines is 1. The van der Waals surface area contributed by atoms with Crippen LogP contribution in [-0.4, -0.2) is 21.0 Å². The Hall–Kier alpha value is -2.88. The minimum atomic E-state index is -0.183. The SMILES string of the molecule is Cn1ccnc1-c1ccc2c(c1)N(C(=O)CCCc1ccccc1)C(C)(C)CC2. The normalized spacial score (nSPS) is 15.2. The molecule has 2 heterocycles. The Morgan fingerprint density at radius 1 is 1.14 bits per heavy atom. The van der Waals surface area contributed by atoms with Crippen molar-refractivity contribution >= 4 is 11.6 Å². The second-order valence-corrected chi connectivity index (χ2v) is 8.59. The second kappa shape index (κ2) is 7.86. The van der Waals surface area contributed by atoms with E-state index in [2.05, 4.69) is 61.3 Å². The molecule has 0 atom stereocenters. The van der Waals surface area contributed by atoms with Crippen LogP contribution in [-0.2, 0) is 24.7 Å². The third-order valence-corrected chi connectivity index (χ3v) is 5.97. The number of carbonyl (C=O) groups excluding carboxylic acids is 1. The summed E-state index contributed by atoms with van der Waals surface area (Å²) >= 11 is 0. The molecule has 0 fully saturated rings. The number of imidazole rings is 1. The first kappa shape index (κ1) is 19.4. The number of nitrogens with zero attached hydrogens (tertiary/aromatic N) is 3. The molecular formula is C25H29N3O. The van der Waals surface area contributed by atoms with E-state index in [9.17, 15) is 4.79 Å². The van der Waals surface area contributed by atoms with E-state index < -0.39 is 0 Å². The zero-order valence-electron chi connectivity index (χ0n) is 17.6. The van der Waals surface area contributed by atoms with Crippen LogP contribution in [0.2, 0.25) is 0 Å². The molecule has 0 bridgehead atoms. The van der Waals surface area contributed by atoms with E-state index in [0.717, 1.165) is 42.8 Å². The Morgan fingerprint density at radius 3 is 2.66 bits per heavy atom. The summed E-state index contributed by atoms with van der Waals surface area (Å²) in [6.45, 7) is 4.36. The molecule has 1 aliphatic rings. The number of aromatic nitrogens is 2. The summed E-state index contributed by atoms with van der Waals surface area (Å²) in [7, 11) is 2.00. The van der Waals surface area contributed by atoms with Crippen LogP contribution in [0, 0.1) is 0 Å². The fraction of sp³-hybridized carbons (Fsp3) is 0.360. The van der Waals surface area contributed by atoms with Crippen molar-refractivity contribution in [3.63, 3.8) is 0 Å². The molecule has 0 spiro atoms. The van der Waals surface area contributed by atoms with E-state index in [1.54, 1.807) is 0 Å². The number of aryl methyl sites for hydroxylation is 3. The van der Waals surface area contributed by atoms with Crippen molar-refractivity contribution in [2.24, 2.45) is 7.05 Å². The third kappa shape index (κ3) is 3.98. The molecule has 1 aliphatic heterocycles. The van der Waals surface area contributed by atoms with Gasteiger partial charge in [-0.25, -0.2) is 4.98 Å². The number of rotatable bonds is 5. The predicted molar refractivity (Wildman–Crippen MR) is 118 cm³/mol. The molecule has 4 heteroatoms. The van der Waals surface area contributed by atoms with Crippen LogP contribution >= 0.6 is 0 Å². The average molecular weight is 388 g/mol. The third-order valence-electron chi connectivity index (χ3n) is 5.97. The lowest BCUT2D eigenvalue weighted by atomic mass is 9.85. The van der Waals surface area contributed by atoms with Gasteiger partial charge in [-0.15, -0.1) is 0 Å². The number of carbonyl (C=O) groups is 1. The summed E-state index contributed by atoms with van der Waals surface area (Å²) in [6, 6.07) is 16.8. The summed E-state index contributed by atoms with van der Waals surface area (Å²) in [6.07, 6.45) is 8.09. The standard InChI is InChI=1S/C25H29N3O/c1-25(2)15-14-20-12-13-21(24-26-16-17-27(24)3)18-22(20)28(25)23(29)11-7-10-19-8-5-4-6-9-19/h4-6,8-9,12-13,16-18H,7,10-11,14-15H2,1-3H3. The topological polar surface area (TPSA) is 38.1 Å². The summed E-state index contributed by atoms with van der Waals surface area (Å²) in [4.78, 5) is 19.9. The number of benzene rings is 2. The molecule has 1 amide bonds. The molecule has 1 aromatic heterocycles. The van der Waals surface area contributed by atoms with Gasteiger partial charge >= 0.3 is 0 Å². The van der Waals surface area contributed by atoms with Gasteiger partial charge in [0.05, 0.1) is 0 Å². The van der Waals surface area contributed by atoms with Crippen molar-refractivity contribution < 1.29 is 4.79 Å². The first-order valence-corrected chi connectivity index (χ1v) is 10.4. The Labute approximate surface area is 173 Å². The monoisotopic (exact) mass is 387 g/mol. The first-order valence-electron chi connectivity index (χ1n) is 10.4. The molecule has 4 nitrogen and oxygen atoms in total. The number of fused-ring (bicyclic) bond motifs is 1. The van der Waals surface area contributed by atoms with E-state index in [1.807, 2.05) is 35.0 Å². The van der Waals surface area contributed by atoms with E-state index in [4.69, 9.17) is 0 Å². The highest BCUT2D eigenvalue weighted by molar-refractivity contribution is 5.96. The fourth-order valence-corrected chi connectivity index (χ4v) is 4.32. The maximum atomic E-state index is 13.3. The molecular weight excluding hydrogens is 358 g/mol. The summed E-state index contributed by atoms with van der Waals surface area (Å²) in [5.41, 5.74) is 4.45. The van der Waals surface area contributed by atoms with Crippen molar-refractivity contribution in [1.82, 2.24) is 9.55 Å². The Balaban J connectivity index is 1.58. The Morgan fingerprint density at radius 2 is 1.93 bits per heavy atom. The largest absolute Gasteiger partial charge is 0.334 e. The van der Waals surface area contributed by atoms with Crippen molar-refractivity contribution in [2.45, 2.75) is 51.5 Å². The molecule has 0 radical (unpaired) electrons. The van der Waals surface area contributed by atoms with Crippen molar-refractivity contribution in [3.8, 4) is 11.4 Å². The molecule has 0 N–H and O–H groups in total. The predicted octanol–water partition coefficient (Wildman–Crippen LogP) is 5.17. The van der Waals surface area contributed by atoms with Crippen molar-refractivity contribution in [1.29, 1.82) is 0 Å². The Kier molecular flexibility index (Phi) is 5.27. The molecule has 0 unspecified atom stereocenters. The van der Waals surface area contributed by atoms with E-state index >= 15 is 0 Å². The molecule has 3 aromatic rings. The van der Waals surface area contributed by atoms with Gasteiger partial charge in [-0.05, 0) is 56.7 Å². The van der Waals surface area contributed by atoms with Crippen molar-refractivity contribution in [3.05, 3.63) is 72.1 Å². The van der Waals surface area contributed by atoms with Gasteiger partial charge in [0.1, 0.15) is 5.82 Å². The van der Waals surface area contributed by atoms with E-state index in [1.165, 1.54) is 11.1 Å². The minimum absolute atomic E-state index is 0.183. The highest BCUT2D eigenvalue weighted by Gasteiger charge is 2.36. The lowest BCUT2D eigenvalue weighted by molar-refractivity contribution is -0.119. The van der Waals surface area contributed by atoms with Gasteiger partial charge < -0.3 is 9.47 Å². The van der Waals surface area contributed by atoms with Gasteiger partial charge in [0.25, 0.3) is 0 Å². The van der Waals surface area contributed by atoms with Gasteiger partial charge in [-0.3, -0.25) is 4.79 Å². The molecule has 0 saturated heterocycles. The van der Waals surface area contributed by atoms with Gasteiger partial charge in [-0.2, -0.15) is 0 Å². The summed E-state index contributed by atoms with van der Waals surface area (Å²) < 4.78 is 2.02. The Bertz CT molecular complexity index is 1000. The van der Waals surface area contributed by atoms with Crippen LogP contribution in [0.25, 0.3) is 11.4 Å². The molecule has 0 saturated carbocycles. The minimum Gasteiger partial charge on any atom is -0.334 e. The van der Waals surface area contributed by atoms with Crippen LogP contribution in [0.5, 0.6) is 0 Å². The van der Waals surface area contributed by atoms with Crippen LogP contribution < -0.4 is 4.90 Å². The summed E-state index contributed by atoms with van der Waals surface area (Å²) in [5, 5.41) is 0. The summed E-state index contributed by atoms with van der Waals surface area (Å²) in [5.74, 6) is 1.14. The van der Waals surface area contributed by atoms with Gasteiger partial charge in [0, 0.05) is 42.7 Å². The smallest absolute Gasteiger partial charge is 0.227 e. The fourth-order valence-electron chi connectivity index (χ4n) is 4.32. The lowest BCUT2D eigenvalue weighted by Crippen LogP contribution is -2.51. The van der Waals surface area contributed by atoms with Gasteiger partial charge in [-0.1, -0.05) is 42.5 Å². The van der Waals surface area contributed by atoms with E-state index in [-0.39, 0.29) is 11.4 Å². The maximum absolute atomic E-state index is 13.3.